The predicted octanol–water partition coefficient (Wildman–Crippen LogP) is 4.48. The van der Waals surface area contributed by atoms with Gasteiger partial charge in [0.05, 0.1) is 11.0 Å². The van der Waals surface area contributed by atoms with Crippen molar-refractivity contribution in [2.24, 2.45) is 0 Å². The SMILES string of the molecule is COCCCn1c(NC(=O)c2ccncc2)nc2cc(CN(C)C3CCCCC3)ccc21. The second-order valence-corrected chi connectivity index (χ2v) is 8.65. The van der Waals surface area contributed by atoms with Crippen LogP contribution in [0.3, 0.4) is 0 Å². The molecule has 2 heterocycles. The first kappa shape index (κ1) is 22.4. The van der Waals surface area contributed by atoms with Crippen LogP contribution in [0.15, 0.2) is 42.7 Å². The van der Waals surface area contributed by atoms with Gasteiger partial charge in [-0.25, -0.2) is 4.98 Å². The van der Waals surface area contributed by atoms with E-state index < -0.39 is 0 Å². The van der Waals surface area contributed by atoms with Crippen molar-refractivity contribution in [2.75, 3.05) is 26.1 Å². The number of fused-ring (bicyclic) bond motifs is 1. The van der Waals surface area contributed by atoms with Crippen molar-refractivity contribution in [1.29, 1.82) is 0 Å². The van der Waals surface area contributed by atoms with E-state index in [0.717, 1.165) is 30.5 Å². The van der Waals surface area contributed by atoms with E-state index in [1.807, 2.05) is 0 Å². The summed E-state index contributed by atoms with van der Waals surface area (Å²) in [6.07, 6.45) is 10.7. The molecule has 7 nitrogen and oxygen atoms in total. The van der Waals surface area contributed by atoms with E-state index in [0.29, 0.717) is 24.2 Å². The molecule has 1 saturated carbocycles. The Balaban J connectivity index is 1.57. The number of amides is 1. The van der Waals surface area contributed by atoms with Crippen molar-refractivity contribution in [2.45, 2.75) is 57.7 Å². The smallest absolute Gasteiger partial charge is 0.258 e. The van der Waals surface area contributed by atoms with Crippen molar-refractivity contribution in [3.8, 4) is 0 Å². The first-order chi connectivity index (χ1) is 15.7. The lowest BCUT2D eigenvalue weighted by Gasteiger charge is -2.31. The van der Waals surface area contributed by atoms with Gasteiger partial charge in [-0.05, 0) is 56.1 Å². The van der Waals surface area contributed by atoms with E-state index in [2.05, 4.69) is 45.0 Å². The average molecular weight is 436 g/mol. The minimum atomic E-state index is -0.187. The Morgan fingerprint density at radius 1 is 1.19 bits per heavy atom. The average Bonchev–Trinajstić information content (AvgIpc) is 3.16. The highest BCUT2D eigenvalue weighted by Crippen LogP contribution is 2.25. The molecule has 1 fully saturated rings. The van der Waals surface area contributed by atoms with Crippen molar-refractivity contribution < 1.29 is 9.53 Å². The highest BCUT2D eigenvalue weighted by atomic mass is 16.5. The number of aromatic nitrogens is 3. The summed E-state index contributed by atoms with van der Waals surface area (Å²) >= 11 is 0. The fourth-order valence-corrected chi connectivity index (χ4v) is 4.58. The Hall–Kier alpha value is -2.77. The van der Waals surface area contributed by atoms with Gasteiger partial charge in [-0.3, -0.25) is 20.0 Å². The molecule has 1 aliphatic carbocycles. The monoisotopic (exact) mass is 435 g/mol. The number of aryl methyl sites for hydroxylation is 1. The Labute approximate surface area is 189 Å². The van der Waals surface area contributed by atoms with E-state index in [9.17, 15) is 4.79 Å². The van der Waals surface area contributed by atoms with Gasteiger partial charge in [-0.2, -0.15) is 0 Å². The highest BCUT2D eigenvalue weighted by molar-refractivity contribution is 6.04. The lowest BCUT2D eigenvalue weighted by molar-refractivity contribution is 0.102. The number of imidazole rings is 1. The Kier molecular flexibility index (Phi) is 7.50. The van der Waals surface area contributed by atoms with E-state index in [-0.39, 0.29) is 5.91 Å². The van der Waals surface area contributed by atoms with Gasteiger partial charge in [0, 0.05) is 50.8 Å². The lowest BCUT2D eigenvalue weighted by Crippen LogP contribution is -2.32. The number of pyridine rings is 1. The number of benzene rings is 1. The van der Waals surface area contributed by atoms with Crippen molar-refractivity contribution in [1.82, 2.24) is 19.4 Å². The molecule has 0 atom stereocenters. The summed E-state index contributed by atoms with van der Waals surface area (Å²) in [5, 5.41) is 2.99. The maximum Gasteiger partial charge on any atom is 0.258 e. The van der Waals surface area contributed by atoms with Gasteiger partial charge >= 0.3 is 0 Å². The number of nitrogens with zero attached hydrogens (tertiary/aromatic N) is 4. The van der Waals surface area contributed by atoms with Crippen LogP contribution in [-0.2, 0) is 17.8 Å². The number of ether oxygens (including phenoxy) is 1. The Morgan fingerprint density at radius 2 is 1.97 bits per heavy atom. The van der Waals surface area contributed by atoms with Crippen molar-refractivity contribution in [3.05, 3.63) is 53.9 Å². The number of nitrogens with one attached hydrogen (secondary N) is 1. The van der Waals surface area contributed by atoms with Crippen LogP contribution in [0, 0.1) is 0 Å². The minimum Gasteiger partial charge on any atom is -0.385 e. The molecule has 1 amide bonds. The molecule has 0 unspecified atom stereocenters. The first-order valence-corrected chi connectivity index (χ1v) is 11.6. The van der Waals surface area contributed by atoms with Gasteiger partial charge in [0.1, 0.15) is 0 Å². The molecule has 0 saturated heterocycles. The molecule has 7 heteroatoms. The maximum absolute atomic E-state index is 12.7. The molecule has 3 aromatic rings. The van der Waals surface area contributed by atoms with Gasteiger partial charge in [-0.15, -0.1) is 0 Å². The molecule has 0 aliphatic heterocycles. The van der Waals surface area contributed by atoms with Gasteiger partial charge in [0.2, 0.25) is 5.95 Å². The van der Waals surface area contributed by atoms with E-state index in [4.69, 9.17) is 9.72 Å². The molecule has 170 valence electrons. The Morgan fingerprint density at radius 3 is 2.72 bits per heavy atom. The van der Waals surface area contributed by atoms with Crippen LogP contribution >= 0.6 is 0 Å². The number of hydrogen-bond donors (Lipinski definition) is 1. The largest absolute Gasteiger partial charge is 0.385 e. The molecule has 4 rings (SSSR count). The molecule has 1 aliphatic rings. The minimum absolute atomic E-state index is 0.187. The lowest BCUT2D eigenvalue weighted by atomic mass is 9.94. The maximum atomic E-state index is 12.7. The fraction of sp³-hybridized carbons (Fsp3) is 0.480. The van der Waals surface area contributed by atoms with E-state index >= 15 is 0 Å². The standard InChI is InChI=1S/C25H33N5O2/c1-29(21-7-4-3-5-8-21)18-19-9-10-23-22(17-19)27-25(30(23)15-6-16-32-2)28-24(31)20-11-13-26-14-12-20/h9-14,17,21H,3-8,15-16,18H2,1-2H3,(H,27,28,31). The second kappa shape index (κ2) is 10.7. The van der Waals surface area contributed by atoms with Gasteiger partial charge in [-0.1, -0.05) is 25.3 Å². The van der Waals surface area contributed by atoms with Crippen LogP contribution in [-0.4, -0.2) is 52.1 Å². The molecule has 0 bridgehead atoms. The van der Waals surface area contributed by atoms with Crippen LogP contribution < -0.4 is 5.32 Å². The zero-order chi connectivity index (χ0) is 22.3. The summed E-state index contributed by atoms with van der Waals surface area (Å²) < 4.78 is 7.30. The predicted molar refractivity (Wildman–Crippen MR) is 127 cm³/mol. The first-order valence-electron chi connectivity index (χ1n) is 11.6. The van der Waals surface area contributed by atoms with E-state index in [1.54, 1.807) is 31.6 Å². The van der Waals surface area contributed by atoms with Gasteiger partial charge in [0.25, 0.3) is 5.91 Å². The van der Waals surface area contributed by atoms with Crippen molar-refractivity contribution in [3.63, 3.8) is 0 Å². The quantitative estimate of drug-likeness (QED) is 0.502. The van der Waals surface area contributed by atoms with Crippen LogP contribution in [0.2, 0.25) is 0 Å². The molecule has 2 aromatic heterocycles. The molecular weight excluding hydrogens is 402 g/mol. The molecule has 32 heavy (non-hydrogen) atoms. The van der Waals surface area contributed by atoms with Crippen LogP contribution in [0.25, 0.3) is 11.0 Å². The van der Waals surface area contributed by atoms with Crippen molar-refractivity contribution >= 4 is 22.9 Å². The van der Waals surface area contributed by atoms with Crippen LogP contribution in [0.4, 0.5) is 5.95 Å². The summed E-state index contributed by atoms with van der Waals surface area (Å²) in [5.41, 5.74) is 3.74. The normalized spacial score (nSPS) is 14.8. The van der Waals surface area contributed by atoms with Gasteiger partial charge < -0.3 is 9.30 Å². The number of hydrogen-bond acceptors (Lipinski definition) is 5. The summed E-state index contributed by atoms with van der Waals surface area (Å²) in [7, 11) is 3.93. The zero-order valence-electron chi connectivity index (χ0n) is 19.1. The second-order valence-electron chi connectivity index (χ2n) is 8.65. The number of carbonyl (C=O) groups excluding carboxylic acids is 1. The third kappa shape index (κ3) is 5.34. The van der Waals surface area contributed by atoms with Crippen LogP contribution in [0.5, 0.6) is 0 Å². The summed E-state index contributed by atoms with van der Waals surface area (Å²) in [4.78, 5) is 24.0. The summed E-state index contributed by atoms with van der Waals surface area (Å²) in [6, 6.07) is 10.5. The molecule has 1 aromatic carbocycles. The molecule has 0 radical (unpaired) electrons. The summed E-state index contributed by atoms with van der Waals surface area (Å²) in [5.74, 6) is 0.378. The molecule has 0 spiro atoms. The number of rotatable bonds is 9. The summed E-state index contributed by atoms with van der Waals surface area (Å²) in [6.45, 7) is 2.29. The number of methoxy groups -OCH3 is 1. The topological polar surface area (TPSA) is 72.3 Å². The zero-order valence-corrected chi connectivity index (χ0v) is 19.1. The third-order valence-corrected chi connectivity index (χ3v) is 6.34. The molecule has 1 N–H and O–H groups in total. The number of carbonyl (C=O) groups is 1. The third-order valence-electron chi connectivity index (χ3n) is 6.34. The van der Waals surface area contributed by atoms with Crippen LogP contribution in [0.1, 0.15) is 54.4 Å². The van der Waals surface area contributed by atoms with E-state index in [1.165, 1.54) is 37.7 Å². The fourth-order valence-electron chi connectivity index (χ4n) is 4.58. The molecular formula is C25H33N5O2. The number of anilines is 1. The van der Waals surface area contributed by atoms with Gasteiger partial charge in [0.15, 0.2) is 0 Å². The highest BCUT2D eigenvalue weighted by Gasteiger charge is 2.19. The Bertz CT molecular complexity index is 1030.